The molecule has 0 aliphatic carbocycles. The number of methoxy groups -OCH3 is 2. The molecule has 0 unspecified atom stereocenters. The fourth-order valence-corrected chi connectivity index (χ4v) is 4.16. The molecule has 31 heavy (non-hydrogen) atoms. The van der Waals surface area contributed by atoms with Gasteiger partial charge in [-0.15, -0.1) is 10.2 Å². The van der Waals surface area contributed by atoms with Crippen LogP contribution in [0.5, 0.6) is 11.5 Å². The van der Waals surface area contributed by atoms with E-state index in [1.807, 2.05) is 24.3 Å². The van der Waals surface area contributed by atoms with Gasteiger partial charge in [0.2, 0.25) is 11.0 Å². The lowest BCUT2D eigenvalue weighted by atomic mass is 10.1. The summed E-state index contributed by atoms with van der Waals surface area (Å²) in [7, 11) is 3.02. The number of nitrogens with zero attached hydrogens (tertiary/aromatic N) is 2. The van der Waals surface area contributed by atoms with Crippen molar-refractivity contribution in [2.24, 2.45) is 0 Å². The van der Waals surface area contributed by atoms with Gasteiger partial charge < -0.3 is 14.8 Å². The van der Waals surface area contributed by atoms with Gasteiger partial charge in [0.25, 0.3) is 5.91 Å². The maximum atomic E-state index is 12.6. The maximum absolute atomic E-state index is 12.6. The molecule has 1 aromatic heterocycles. The zero-order valence-corrected chi connectivity index (χ0v) is 18.9. The summed E-state index contributed by atoms with van der Waals surface area (Å²) in [4.78, 5) is 24.7. The number of aryl methyl sites for hydroxylation is 1. The van der Waals surface area contributed by atoms with Crippen molar-refractivity contribution >= 4 is 45.7 Å². The minimum Gasteiger partial charge on any atom is -0.497 e. The van der Waals surface area contributed by atoms with Crippen LogP contribution in [-0.2, 0) is 11.2 Å². The summed E-state index contributed by atoms with van der Waals surface area (Å²) in [5, 5.41) is 13.9. The molecule has 162 valence electrons. The standard InChI is InChI=1S/C21H22N4O4S2/c1-4-13-5-7-14(8-6-13)22-18(26)12-30-21-25-24-20(31-21)23-19(27)16-10-9-15(28-2)11-17(16)29-3/h5-11H,4,12H2,1-3H3,(H,22,26)(H,23,24,27). The number of amides is 2. The summed E-state index contributed by atoms with van der Waals surface area (Å²) in [6, 6.07) is 12.7. The molecular weight excluding hydrogens is 436 g/mol. The zero-order chi connectivity index (χ0) is 22.2. The number of hydrogen-bond donors (Lipinski definition) is 2. The van der Waals surface area contributed by atoms with E-state index in [0.717, 1.165) is 12.1 Å². The van der Waals surface area contributed by atoms with Crippen molar-refractivity contribution in [2.75, 3.05) is 30.6 Å². The molecule has 0 saturated carbocycles. The highest BCUT2D eigenvalue weighted by molar-refractivity contribution is 8.01. The van der Waals surface area contributed by atoms with E-state index in [1.165, 1.54) is 42.9 Å². The Kier molecular flexibility index (Phi) is 7.85. The van der Waals surface area contributed by atoms with Crippen LogP contribution in [0.3, 0.4) is 0 Å². The summed E-state index contributed by atoms with van der Waals surface area (Å²) < 4.78 is 11.0. The Morgan fingerprint density at radius 1 is 1.03 bits per heavy atom. The summed E-state index contributed by atoms with van der Waals surface area (Å²) in [5.41, 5.74) is 2.31. The molecular formula is C21H22N4O4S2. The summed E-state index contributed by atoms with van der Waals surface area (Å²) in [5.74, 6) is 0.644. The third-order valence-corrected chi connectivity index (χ3v) is 6.22. The number of benzene rings is 2. The number of nitrogens with one attached hydrogen (secondary N) is 2. The van der Waals surface area contributed by atoms with E-state index in [-0.39, 0.29) is 17.6 Å². The second-order valence-electron chi connectivity index (χ2n) is 6.28. The van der Waals surface area contributed by atoms with Crippen LogP contribution in [0.2, 0.25) is 0 Å². The Bertz CT molecular complexity index is 1050. The summed E-state index contributed by atoms with van der Waals surface area (Å²) in [6.07, 6.45) is 0.950. The molecule has 0 aliphatic rings. The quantitative estimate of drug-likeness (QED) is 0.368. The molecule has 2 aromatic carbocycles. The van der Waals surface area contributed by atoms with Gasteiger partial charge in [0.05, 0.1) is 25.5 Å². The first-order valence-corrected chi connectivity index (χ1v) is 11.2. The van der Waals surface area contributed by atoms with Crippen molar-refractivity contribution in [2.45, 2.75) is 17.7 Å². The van der Waals surface area contributed by atoms with Crippen LogP contribution < -0.4 is 20.1 Å². The molecule has 0 atom stereocenters. The first-order chi connectivity index (χ1) is 15.0. The van der Waals surface area contributed by atoms with Gasteiger partial charge in [-0.2, -0.15) is 0 Å². The molecule has 2 amide bonds. The normalized spacial score (nSPS) is 10.4. The highest BCUT2D eigenvalue weighted by atomic mass is 32.2. The molecule has 3 rings (SSSR count). The highest BCUT2D eigenvalue weighted by Gasteiger charge is 2.16. The average molecular weight is 459 g/mol. The second kappa shape index (κ2) is 10.8. The van der Waals surface area contributed by atoms with Crippen molar-refractivity contribution < 1.29 is 19.1 Å². The van der Waals surface area contributed by atoms with E-state index >= 15 is 0 Å². The number of rotatable bonds is 9. The molecule has 0 saturated heterocycles. The first kappa shape index (κ1) is 22.6. The van der Waals surface area contributed by atoms with Gasteiger partial charge >= 0.3 is 0 Å². The predicted octanol–water partition coefficient (Wildman–Crippen LogP) is 4.10. The van der Waals surface area contributed by atoms with E-state index in [4.69, 9.17) is 9.47 Å². The molecule has 3 aromatic rings. The minimum absolute atomic E-state index is 0.141. The van der Waals surface area contributed by atoms with Crippen molar-refractivity contribution in [1.29, 1.82) is 0 Å². The number of hydrogen-bond acceptors (Lipinski definition) is 8. The maximum Gasteiger partial charge on any atom is 0.261 e. The smallest absolute Gasteiger partial charge is 0.261 e. The van der Waals surface area contributed by atoms with E-state index in [9.17, 15) is 9.59 Å². The van der Waals surface area contributed by atoms with Gasteiger partial charge in [-0.1, -0.05) is 42.2 Å². The highest BCUT2D eigenvalue weighted by Crippen LogP contribution is 2.28. The Morgan fingerprint density at radius 3 is 2.48 bits per heavy atom. The SMILES string of the molecule is CCc1ccc(NC(=O)CSc2nnc(NC(=O)c3ccc(OC)cc3OC)s2)cc1. The monoisotopic (exact) mass is 458 g/mol. The summed E-state index contributed by atoms with van der Waals surface area (Å²) in [6.45, 7) is 2.08. The number of aromatic nitrogens is 2. The van der Waals surface area contributed by atoms with E-state index < -0.39 is 0 Å². The Balaban J connectivity index is 1.54. The Hall–Kier alpha value is -3.11. The molecule has 0 bridgehead atoms. The zero-order valence-electron chi connectivity index (χ0n) is 17.3. The molecule has 2 N–H and O–H groups in total. The molecule has 0 aliphatic heterocycles. The van der Waals surface area contributed by atoms with Crippen LogP contribution in [0, 0.1) is 0 Å². The molecule has 10 heteroatoms. The molecule has 1 heterocycles. The van der Waals surface area contributed by atoms with Crippen LogP contribution in [0.4, 0.5) is 10.8 Å². The number of carbonyl (C=O) groups is 2. The van der Waals surface area contributed by atoms with Crippen molar-refractivity contribution in [1.82, 2.24) is 10.2 Å². The van der Waals surface area contributed by atoms with Gasteiger partial charge in [-0.05, 0) is 36.2 Å². The van der Waals surface area contributed by atoms with Crippen LogP contribution in [0.1, 0.15) is 22.8 Å². The summed E-state index contributed by atoms with van der Waals surface area (Å²) >= 11 is 2.45. The lowest BCUT2D eigenvalue weighted by molar-refractivity contribution is -0.113. The third kappa shape index (κ3) is 6.19. The molecule has 8 nitrogen and oxygen atoms in total. The Labute approximate surface area is 188 Å². The number of carbonyl (C=O) groups excluding carboxylic acids is 2. The van der Waals surface area contributed by atoms with Gasteiger partial charge in [0.1, 0.15) is 11.5 Å². The molecule has 0 fully saturated rings. The van der Waals surface area contributed by atoms with Gasteiger partial charge in [-0.3, -0.25) is 14.9 Å². The van der Waals surface area contributed by atoms with Gasteiger partial charge in [-0.25, -0.2) is 0 Å². The lowest BCUT2D eigenvalue weighted by Gasteiger charge is -2.09. The van der Waals surface area contributed by atoms with Crippen LogP contribution in [0.25, 0.3) is 0 Å². The number of thioether (sulfide) groups is 1. The molecule has 0 spiro atoms. The largest absolute Gasteiger partial charge is 0.497 e. The minimum atomic E-state index is -0.375. The topological polar surface area (TPSA) is 102 Å². The van der Waals surface area contributed by atoms with Crippen molar-refractivity contribution in [3.05, 3.63) is 53.6 Å². The van der Waals surface area contributed by atoms with Crippen LogP contribution >= 0.6 is 23.1 Å². The first-order valence-electron chi connectivity index (χ1n) is 9.40. The van der Waals surface area contributed by atoms with Crippen molar-refractivity contribution in [3.8, 4) is 11.5 Å². The molecule has 0 radical (unpaired) electrons. The second-order valence-corrected chi connectivity index (χ2v) is 8.48. The van der Waals surface area contributed by atoms with Crippen LogP contribution in [-0.4, -0.2) is 42.0 Å². The lowest BCUT2D eigenvalue weighted by Crippen LogP contribution is -2.13. The van der Waals surface area contributed by atoms with Crippen molar-refractivity contribution in [3.63, 3.8) is 0 Å². The predicted molar refractivity (Wildman–Crippen MR) is 123 cm³/mol. The van der Waals surface area contributed by atoms with Crippen LogP contribution in [0.15, 0.2) is 46.8 Å². The number of anilines is 2. The Morgan fingerprint density at radius 2 is 1.81 bits per heavy atom. The van der Waals surface area contributed by atoms with Gasteiger partial charge in [0, 0.05) is 11.8 Å². The van der Waals surface area contributed by atoms with Gasteiger partial charge in [0.15, 0.2) is 4.34 Å². The van der Waals surface area contributed by atoms with E-state index in [0.29, 0.717) is 26.5 Å². The fraction of sp³-hybridized carbons (Fsp3) is 0.238. The fourth-order valence-electron chi connectivity index (χ4n) is 2.62. The third-order valence-electron chi connectivity index (χ3n) is 4.25. The number of ether oxygens (including phenoxy) is 2. The van der Waals surface area contributed by atoms with E-state index in [1.54, 1.807) is 18.2 Å². The van der Waals surface area contributed by atoms with E-state index in [2.05, 4.69) is 27.8 Å². The average Bonchev–Trinajstić information content (AvgIpc) is 3.24.